The molecule has 0 spiro atoms. The van der Waals surface area contributed by atoms with Gasteiger partial charge in [0.15, 0.2) is 0 Å². The molecule has 1 saturated heterocycles. The van der Waals surface area contributed by atoms with Crippen molar-refractivity contribution in [1.82, 2.24) is 10.2 Å². The monoisotopic (exact) mass is 282 g/mol. The molecule has 1 aliphatic heterocycles. The fourth-order valence-corrected chi connectivity index (χ4v) is 2.91. The second-order valence-electron chi connectivity index (χ2n) is 5.18. The molecular formula is C16H18N4O. The number of nitriles is 2. The van der Waals surface area contributed by atoms with E-state index in [9.17, 15) is 4.79 Å². The zero-order chi connectivity index (χ0) is 15.1. The smallest absolute Gasteiger partial charge is 0.235 e. The van der Waals surface area contributed by atoms with Crippen molar-refractivity contribution in [3.05, 3.63) is 35.9 Å². The lowest BCUT2D eigenvalue weighted by Crippen LogP contribution is -2.52. The van der Waals surface area contributed by atoms with Crippen molar-refractivity contribution in [3.63, 3.8) is 0 Å². The van der Waals surface area contributed by atoms with Gasteiger partial charge in [0, 0.05) is 0 Å². The normalized spacial score (nSPS) is 16.5. The van der Waals surface area contributed by atoms with Gasteiger partial charge in [-0.25, -0.2) is 0 Å². The summed E-state index contributed by atoms with van der Waals surface area (Å²) < 4.78 is 0. The third kappa shape index (κ3) is 3.04. The Morgan fingerprint density at radius 1 is 1.14 bits per heavy atom. The van der Waals surface area contributed by atoms with Crippen LogP contribution in [0.1, 0.15) is 18.4 Å². The molecule has 1 heterocycles. The lowest BCUT2D eigenvalue weighted by Gasteiger charge is -2.39. The number of piperidine rings is 1. The van der Waals surface area contributed by atoms with E-state index < -0.39 is 5.41 Å². The van der Waals surface area contributed by atoms with Crippen LogP contribution < -0.4 is 5.32 Å². The zero-order valence-electron chi connectivity index (χ0n) is 11.9. The Labute approximate surface area is 124 Å². The number of hydrogen-bond donors (Lipinski definition) is 1. The number of benzene rings is 1. The summed E-state index contributed by atoms with van der Waals surface area (Å²) in [6.07, 6.45) is 1.37. The summed E-state index contributed by atoms with van der Waals surface area (Å²) in [7, 11) is 0. The largest absolute Gasteiger partial charge is 0.317 e. The Bertz CT molecular complexity index is 548. The van der Waals surface area contributed by atoms with Crippen LogP contribution in [0.2, 0.25) is 0 Å². The third-order valence-corrected chi connectivity index (χ3v) is 4.00. The fourth-order valence-electron chi connectivity index (χ4n) is 2.91. The highest BCUT2D eigenvalue weighted by Gasteiger charge is 2.43. The molecular weight excluding hydrogens is 264 g/mol. The van der Waals surface area contributed by atoms with E-state index in [4.69, 9.17) is 10.5 Å². The molecule has 5 nitrogen and oxygen atoms in total. The van der Waals surface area contributed by atoms with E-state index in [0.717, 1.165) is 18.7 Å². The van der Waals surface area contributed by atoms with E-state index in [1.807, 2.05) is 42.5 Å². The van der Waals surface area contributed by atoms with Crippen LogP contribution in [-0.2, 0) is 10.2 Å². The van der Waals surface area contributed by atoms with Crippen LogP contribution in [0.15, 0.2) is 30.3 Å². The van der Waals surface area contributed by atoms with E-state index in [0.29, 0.717) is 12.8 Å². The first kappa shape index (κ1) is 15.0. The van der Waals surface area contributed by atoms with E-state index in [-0.39, 0.29) is 19.0 Å². The number of hydrogen-bond acceptors (Lipinski definition) is 4. The van der Waals surface area contributed by atoms with Crippen LogP contribution in [0.4, 0.5) is 0 Å². The Morgan fingerprint density at radius 3 is 2.24 bits per heavy atom. The number of carbonyl (C=O) groups excluding carboxylic acids is 1. The molecule has 21 heavy (non-hydrogen) atoms. The molecule has 2 rings (SSSR count). The second-order valence-corrected chi connectivity index (χ2v) is 5.18. The summed E-state index contributed by atoms with van der Waals surface area (Å²) in [5.41, 5.74) is 0.345. The maximum atomic E-state index is 13.0. The summed E-state index contributed by atoms with van der Waals surface area (Å²) in [6, 6.07) is 13.6. The molecule has 1 N–H and O–H groups in total. The average molecular weight is 282 g/mol. The predicted molar refractivity (Wildman–Crippen MR) is 78.0 cm³/mol. The van der Waals surface area contributed by atoms with Gasteiger partial charge in [0.05, 0.1) is 17.6 Å². The number of rotatable bonds is 4. The maximum absolute atomic E-state index is 13.0. The zero-order valence-corrected chi connectivity index (χ0v) is 11.9. The Kier molecular flexibility index (Phi) is 4.92. The average Bonchev–Trinajstić information content (AvgIpc) is 2.55. The van der Waals surface area contributed by atoms with Gasteiger partial charge in [-0.05, 0) is 31.5 Å². The van der Waals surface area contributed by atoms with Gasteiger partial charge >= 0.3 is 0 Å². The summed E-state index contributed by atoms with van der Waals surface area (Å²) in [5, 5.41) is 21.1. The highest BCUT2D eigenvalue weighted by molar-refractivity contribution is 5.89. The minimum absolute atomic E-state index is 0.0472. The lowest BCUT2D eigenvalue weighted by atomic mass is 9.72. The van der Waals surface area contributed by atoms with Crippen molar-refractivity contribution >= 4 is 5.91 Å². The van der Waals surface area contributed by atoms with Gasteiger partial charge in [0.1, 0.15) is 13.1 Å². The molecule has 0 unspecified atom stereocenters. The van der Waals surface area contributed by atoms with Crippen LogP contribution in [0.5, 0.6) is 0 Å². The van der Waals surface area contributed by atoms with Gasteiger partial charge in [-0.1, -0.05) is 30.3 Å². The van der Waals surface area contributed by atoms with Crippen molar-refractivity contribution in [2.24, 2.45) is 0 Å². The first-order chi connectivity index (χ1) is 10.2. The van der Waals surface area contributed by atoms with Crippen molar-refractivity contribution in [3.8, 4) is 12.1 Å². The first-order valence-corrected chi connectivity index (χ1v) is 7.04. The summed E-state index contributed by atoms with van der Waals surface area (Å²) in [5.74, 6) is -0.113. The van der Waals surface area contributed by atoms with E-state index in [2.05, 4.69) is 5.32 Å². The van der Waals surface area contributed by atoms with Crippen LogP contribution in [0.25, 0.3) is 0 Å². The van der Waals surface area contributed by atoms with Crippen molar-refractivity contribution < 1.29 is 4.79 Å². The fraction of sp³-hybridized carbons (Fsp3) is 0.438. The van der Waals surface area contributed by atoms with Gasteiger partial charge in [0.2, 0.25) is 5.91 Å². The molecule has 0 saturated carbocycles. The molecule has 1 aromatic rings. The Hall–Kier alpha value is -2.37. The first-order valence-electron chi connectivity index (χ1n) is 7.04. The number of nitrogens with one attached hydrogen (secondary N) is 1. The minimum Gasteiger partial charge on any atom is -0.317 e. The van der Waals surface area contributed by atoms with Gasteiger partial charge in [-0.3, -0.25) is 4.79 Å². The molecule has 1 aromatic carbocycles. The molecule has 0 aromatic heterocycles. The molecule has 1 fully saturated rings. The number of nitrogens with zero attached hydrogens (tertiary/aromatic N) is 3. The van der Waals surface area contributed by atoms with Crippen molar-refractivity contribution in [2.75, 3.05) is 26.2 Å². The van der Waals surface area contributed by atoms with Gasteiger partial charge < -0.3 is 10.2 Å². The SMILES string of the molecule is N#CCN(CC#N)C(=O)C1(c2ccccc2)CCNCC1. The van der Waals surface area contributed by atoms with Crippen LogP contribution in [0.3, 0.4) is 0 Å². The highest BCUT2D eigenvalue weighted by Crippen LogP contribution is 2.35. The van der Waals surface area contributed by atoms with E-state index in [1.54, 1.807) is 0 Å². The molecule has 5 heteroatoms. The van der Waals surface area contributed by atoms with Crippen molar-refractivity contribution in [1.29, 1.82) is 10.5 Å². The summed E-state index contributed by atoms with van der Waals surface area (Å²) in [6.45, 7) is 1.42. The molecule has 1 amide bonds. The predicted octanol–water partition coefficient (Wildman–Crippen LogP) is 1.18. The van der Waals surface area contributed by atoms with Crippen molar-refractivity contribution in [2.45, 2.75) is 18.3 Å². The molecule has 108 valence electrons. The molecule has 0 atom stereocenters. The van der Waals surface area contributed by atoms with Crippen LogP contribution >= 0.6 is 0 Å². The third-order valence-electron chi connectivity index (χ3n) is 4.00. The van der Waals surface area contributed by atoms with E-state index >= 15 is 0 Å². The standard InChI is InChI=1S/C16H18N4O/c17-8-12-20(13-9-18)15(21)16(6-10-19-11-7-16)14-4-2-1-3-5-14/h1-5,19H,6-7,10-13H2. The lowest BCUT2D eigenvalue weighted by molar-refractivity contribution is -0.137. The summed E-state index contributed by atoms with van der Waals surface area (Å²) in [4.78, 5) is 14.4. The number of amides is 1. The van der Waals surface area contributed by atoms with E-state index in [1.165, 1.54) is 4.90 Å². The summed E-state index contributed by atoms with van der Waals surface area (Å²) >= 11 is 0. The highest BCUT2D eigenvalue weighted by atomic mass is 16.2. The Morgan fingerprint density at radius 2 is 1.71 bits per heavy atom. The van der Waals surface area contributed by atoms with Crippen LogP contribution in [-0.4, -0.2) is 37.0 Å². The second kappa shape index (κ2) is 6.88. The maximum Gasteiger partial charge on any atom is 0.235 e. The molecule has 1 aliphatic rings. The topological polar surface area (TPSA) is 79.9 Å². The minimum atomic E-state index is -0.625. The van der Waals surface area contributed by atoms with Gasteiger partial charge in [-0.15, -0.1) is 0 Å². The number of carbonyl (C=O) groups is 1. The Balaban J connectivity index is 2.38. The quantitative estimate of drug-likeness (QED) is 0.841. The molecule has 0 aliphatic carbocycles. The molecule has 0 bridgehead atoms. The van der Waals surface area contributed by atoms with Crippen LogP contribution in [0, 0.1) is 22.7 Å². The molecule has 0 radical (unpaired) electrons. The van der Waals surface area contributed by atoms with Gasteiger partial charge in [-0.2, -0.15) is 10.5 Å². The van der Waals surface area contributed by atoms with Gasteiger partial charge in [0.25, 0.3) is 0 Å².